The van der Waals surface area contributed by atoms with Gasteiger partial charge in [0.2, 0.25) is 0 Å². The molecule has 2 N–H and O–H groups in total. The maximum Gasteiger partial charge on any atom is 0.278 e. The van der Waals surface area contributed by atoms with Crippen LogP contribution in [-0.2, 0) is 16.0 Å². The van der Waals surface area contributed by atoms with E-state index in [0.717, 1.165) is 10.5 Å². The van der Waals surface area contributed by atoms with Gasteiger partial charge in [-0.1, -0.05) is 48.0 Å². The van der Waals surface area contributed by atoms with Gasteiger partial charge in [-0.2, -0.15) is 0 Å². The van der Waals surface area contributed by atoms with E-state index in [9.17, 15) is 19.2 Å². The second-order valence-corrected chi connectivity index (χ2v) is 8.36. The van der Waals surface area contributed by atoms with Gasteiger partial charge in [0, 0.05) is 29.0 Å². The average Bonchev–Trinajstić information content (AvgIpc) is 3.06. The third kappa shape index (κ3) is 5.47. The third-order valence-corrected chi connectivity index (χ3v) is 5.87. The molecule has 0 saturated heterocycles. The second-order valence-electron chi connectivity index (χ2n) is 7.98. The molecule has 0 saturated carbocycles. The minimum absolute atomic E-state index is 0.0258. The third-order valence-electron chi connectivity index (χ3n) is 5.52. The summed E-state index contributed by atoms with van der Waals surface area (Å²) in [6.45, 7) is 1.67. The van der Waals surface area contributed by atoms with Gasteiger partial charge >= 0.3 is 0 Å². The number of carbonyl (C=O) groups excluding carboxylic acids is 4. The number of ketones is 1. The van der Waals surface area contributed by atoms with Crippen LogP contribution in [0.15, 0.2) is 89.6 Å². The molecule has 1 heterocycles. The number of halogens is 1. The van der Waals surface area contributed by atoms with E-state index in [2.05, 4.69) is 10.6 Å². The van der Waals surface area contributed by atoms with Crippen LogP contribution >= 0.6 is 11.6 Å². The summed E-state index contributed by atoms with van der Waals surface area (Å²) in [6, 6.07) is 22.6. The number of anilines is 2. The minimum atomic E-state index is -0.557. The smallest absolute Gasteiger partial charge is 0.278 e. The Kier molecular flexibility index (Phi) is 7.08. The molecule has 3 aromatic rings. The molecule has 0 spiro atoms. The van der Waals surface area contributed by atoms with Crippen molar-refractivity contribution in [2.45, 2.75) is 13.3 Å². The van der Waals surface area contributed by atoms with Crippen LogP contribution in [0.25, 0.3) is 0 Å². The van der Waals surface area contributed by atoms with E-state index in [1.165, 1.54) is 6.92 Å². The molecular formula is C27H22ClN3O4. The summed E-state index contributed by atoms with van der Waals surface area (Å²) in [5.41, 5.74) is 2.83. The van der Waals surface area contributed by atoms with Crippen LogP contribution in [0.4, 0.5) is 11.4 Å². The van der Waals surface area contributed by atoms with Crippen LogP contribution in [0.3, 0.4) is 0 Å². The van der Waals surface area contributed by atoms with Crippen molar-refractivity contribution in [2.75, 3.05) is 17.2 Å². The highest BCUT2D eigenvalue weighted by Crippen LogP contribution is 2.26. The monoisotopic (exact) mass is 487 g/mol. The van der Waals surface area contributed by atoms with E-state index >= 15 is 0 Å². The quantitative estimate of drug-likeness (QED) is 0.357. The lowest BCUT2D eigenvalue weighted by atomic mass is 10.1. The Morgan fingerprint density at radius 1 is 0.829 bits per heavy atom. The minimum Gasteiger partial charge on any atom is -0.350 e. The number of amides is 3. The molecule has 176 valence electrons. The number of nitrogens with zero attached hydrogens (tertiary/aromatic N) is 1. The van der Waals surface area contributed by atoms with Gasteiger partial charge in [-0.15, -0.1) is 0 Å². The fourth-order valence-electron chi connectivity index (χ4n) is 3.62. The molecule has 3 amide bonds. The Labute approximate surface area is 207 Å². The predicted molar refractivity (Wildman–Crippen MR) is 134 cm³/mol. The lowest BCUT2D eigenvalue weighted by Crippen LogP contribution is -2.34. The molecule has 0 aromatic heterocycles. The lowest BCUT2D eigenvalue weighted by molar-refractivity contribution is -0.137. The van der Waals surface area contributed by atoms with E-state index in [-0.39, 0.29) is 29.0 Å². The Morgan fingerprint density at radius 2 is 1.54 bits per heavy atom. The van der Waals surface area contributed by atoms with Gasteiger partial charge in [-0.3, -0.25) is 24.1 Å². The molecule has 35 heavy (non-hydrogen) atoms. The highest BCUT2D eigenvalue weighted by atomic mass is 35.5. The fraction of sp³-hybridized carbons (Fsp3) is 0.111. The van der Waals surface area contributed by atoms with Gasteiger partial charge in [0.25, 0.3) is 17.7 Å². The molecule has 0 atom stereocenters. The molecule has 0 aliphatic carbocycles. The fourth-order valence-corrected chi connectivity index (χ4v) is 3.85. The summed E-state index contributed by atoms with van der Waals surface area (Å²) in [4.78, 5) is 50.7. The number of hydrogen-bond acceptors (Lipinski definition) is 5. The average molecular weight is 488 g/mol. The Bertz CT molecular complexity index is 1330. The lowest BCUT2D eigenvalue weighted by Gasteiger charge is -2.15. The largest absolute Gasteiger partial charge is 0.350 e. The van der Waals surface area contributed by atoms with Crippen molar-refractivity contribution in [3.05, 3.63) is 106 Å². The van der Waals surface area contributed by atoms with Crippen LogP contribution in [0.5, 0.6) is 0 Å². The van der Waals surface area contributed by atoms with Crippen LogP contribution in [0, 0.1) is 0 Å². The zero-order chi connectivity index (χ0) is 24.9. The van der Waals surface area contributed by atoms with Gasteiger partial charge < -0.3 is 10.6 Å². The van der Waals surface area contributed by atoms with Crippen molar-refractivity contribution >= 4 is 46.5 Å². The number of benzene rings is 3. The second kappa shape index (κ2) is 10.4. The van der Waals surface area contributed by atoms with Crippen LogP contribution in [-0.4, -0.2) is 34.9 Å². The molecule has 0 radical (unpaired) electrons. The number of rotatable bonds is 8. The maximum absolute atomic E-state index is 12.9. The molecule has 0 fully saturated rings. The zero-order valence-corrected chi connectivity index (χ0v) is 19.6. The normalized spacial score (nSPS) is 13.3. The van der Waals surface area contributed by atoms with Crippen molar-refractivity contribution in [3.63, 3.8) is 0 Å². The first-order valence-electron chi connectivity index (χ1n) is 10.9. The molecule has 8 heteroatoms. The number of imide groups is 1. The van der Waals surface area contributed by atoms with E-state index < -0.39 is 11.8 Å². The first-order chi connectivity index (χ1) is 16.8. The van der Waals surface area contributed by atoms with Gasteiger partial charge in [0.15, 0.2) is 5.78 Å². The van der Waals surface area contributed by atoms with Gasteiger partial charge in [0.05, 0.1) is 0 Å². The first kappa shape index (κ1) is 23.9. The molecule has 0 unspecified atom stereocenters. The zero-order valence-electron chi connectivity index (χ0n) is 18.9. The van der Waals surface area contributed by atoms with Crippen molar-refractivity contribution in [2.24, 2.45) is 0 Å². The van der Waals surface area contributed by atoms with Gasteiger partial charge in [-0.05, 0) is 61.4 Å². The Morgan fingerprint density at radius 3 is 2.23 bits per heavy atom. The van der Waals surface area contributed by atoms with Crippen LogP contribution in [0.2, 0.25) is 0 Å². The Balaban J connectivity index is 1.43. The van der Waals surface area contributed by atoms with Crippen molar-refractivity contribution in [1.82, 2.24) is 4.90 Å². The summed E-state index contributed by atoms with van der Waals surface area (Å²) in [5.74, 6) is -1.51. The van der Waals surface area contributed by atoms with Crippen LogP contribution in [0.1, 0.15) is 33.2 Å². The van der Waals surface area contributed by atoms with E-state index in [4.69, 9.17) is 11.6 Å². The number of nitrogens with one attached hydrogen (secondary N) is 2. The molecule has 1 aliphatic rings. The molecule has 1 aliphatic heterocycles. The first-order valence-corrected chi connectivity index (χ1v) is 11.3. The molecule has 0 bridgehead atoms. The van der Waals surface area contributed by atoms with Gasteiger partial charge in [-0.25, -0.2) is 0 Å². The molecule has 4 rings (SSSR count). The maximum atomic E-state index is 12.9. The summed E-state index contributed by atoms with van der Waals surface area (Å²) in [5, 5.41) is 5.47. The molecular weight excluding hydrogens is 466 g/mol. The van der Waals surface area contributed by atoms with E-state index in [0.29, 0.717) is 28.9 Å². The molecule has 3 aromatic carbocycles. The van der Waals surface area contributed by atoms with Gasteiger partial charge in [0.1, 0.15) is 10.7 Å². The SMILES string of the molecule is CC(=O)c1ccc(NC(=O)c2cccc(NC3=C(Cl)C(=O)N(CCc4ccccc4)C3=O)c2)cc1. The number of Topliss-reactive ketones (excluding diaryl/α,β-unsaturated/α-hetero) is 1. The van der Waals surface area contributed by atoms with Crippen molar-refractivity contribution in [1.29, 1.82) is 0 Å². The van der Waals surface area contributed by atoms with Crippen LogP contribution < -0.4 is 10.6 Å². The predicted octanol–water partition coefficient (Wildman–Crippen LogP) is 4.62. The highest BCUT2D eigenvalue weighted by molar-refractivity contribution is 6.48. The summed E-state index contributed by atoms with van der Waals surface area (Å²) >= 11 is 6.20. The highest BCUT2D eigenvalue weighted by Gasteiger charge is 2.37. The molecule has 7 nitrogen and oxygen atoms in total. The Hall–Kier alpha value is -4.23. The topological polar surface area (TPSA) is 95.6 Å². The number of carbonyl (C=O) groups is 4. The summed E-state index contributed by atoms with van der Waals surface area (Å²) in [7, 11) is 0. The standard InChI is InChI=1S/C27H22ClN3O4/c1-17(32)19-10-12-21(13-11-19)30-25(33)20-8-5-9-22(16-20)29-24-23(28)26(34)31(27(24)35)15-14-18-6-3-2-4-7-18/h2-13,16,29H,14-15H2,1H3,(H,30,33). The number of hydrogen-bond donors (Lipinski definition) is 2. The van der Waals surface area contributed by atoms with E-state index in [1.807, 2.05) is 30.3 Å². The van der Waals surface area contributed by atoms with Crippen molar-refractivity contribution < 1.29 is 19.2 Å². The van der Waals surface area contributed by atoms with Crippen molar-refractivity contribution in [3.8, 4) is 0 Å². The summed E-state index contributed by atoms with van der Waals surface area (Å²) < 4.78 is 0. The van der Waals surface area contributed by atoms with E-state index in [1.54, 1.807) is 48.5 Å². The summed E-state index contributed by atoms with van der Waals surface area (Å²) in [6.07, 6.45) is 0.513.